The molecule has 0 aliphatic carbocycles. The molecule has 1 aromatic carbocycles. The number of esters is 1. The number of fused-ring (bicyclic) bond motifs is 1. The predicted octanol–water partition coefficient (Wildman–Crippen LogP) is 2.38. The Hall–Kier alpha value is -2.01. The van der Waals surface area contributed by atoms with Crippen molar-refractivity contribution in [3.63, 3.8) is 0 Å². The minimum absolute atomic E-state index is 0.0779. The van der Waals surface area contributed by atoms with Gasteiger partial charge in [-0.1, -0.05) is 11.6 Å². The minimum Gasteiger partial charge on any atom is -0.494 e. The molecule has 0 N–H and O–H groups in total. The van der Waals surface area contributed by atoms with Crippen molar-refractivity contribution in [2.75, 3.05) is 13.7 Å². The first-order valence-corrected chi connectivity index (χ1v) is 6.42. The maximum atomic E-state index is 12.3. The van der Waals surface area contributed by atoms with E-state index in [9.17, 15) is 9.59 Å². The highest BCUT2D eigenvalue weighted by Gasteiger charge is 2.22. The molecule has 6 heteroatoms. The van der Waals surface area contributed by atoms with Gasteiger partial charge in [-0.3, -0.25) is 4.79 Å². The summed E-state index contributed by atoms with van der Waals surface area (Å²) in [5.41, 5.74) is -0.227. The second kappa shape index (κ2) is 5.54. The van der Waals surface area contributed by atoms with Crippen molar-refractivity contribution in [2.45, 2.75) is 6.92 Å². The Balaban J connectivity index is 2.90. The van der Waals surface area contributed by atoms with E-state index in [-0.39, 0.29) is 23.6 Å². The molecule has 106 valence electrons. The fourth-order valence-corrected chi connectivity index (χ4v) is 2.26. The summed E-state index contributed by atoms with van der Waals surface area (Å²) in [6.45, 7) is 1.91. The third-order valence-electron chi connectivity index (χ3n) is 2.98. The van der Waals surface area contributed by atoms with E-state index in [1.165, 1.54) is 18.7 Å². The van der Waals surface area contributed by atoms with Crippen LogP contribution < -0.4 is 10.3 Å². The summed E-state index contributed by atoms with van der Waals surface area (Å²) < 4.78 is 11.5. The molecule has 2 aromatic rings. The second-order valence-corrected chi connectivity index (χ2v) is 4.59. The number of methoxy groups -OCH3 is 1. The first-order chi connectivity index (χ1) is 9.51. The van der Waals surface area contributed by atoms with E-state index in [0.717, 1.165) is 0 Å². The van der Waals surface area contributed by atoms with E-state index < -0.39 is 5.97 Å². The maximum Gasteiger partial charge on any atom is 0.358 e. The molecular formula is C14H14ClNO4. The van der Waals surface area contributed by atoms with Gasteiger partial charge in [0.25, 0.3) is 5.56 Å². The molecule has 0 aliphatic heterocycles. The zero-order chi connectivity index (χ0) is 14.9. The Bertz CT molecular complexity index is 736. The van der Waals surface area contributed by atoms with Crippen molar-refractivity contribution in [1.82, 2.24) is 4.57 Å². The number of carbonyl (C=O) groups excluding carboxylic acids is 1. The average Bonchev–Trinajstić information content (AvgIpc) is 2.42. The molecule has 0 atom stereocenters. The SMILES string of the molecule is CCOC(=O)c1c(OC)c2cc(Cl)ccc2c(=O)n1C. The monoisotopic (exact) mass is 295 g/mol. The van der Waals surface area contributed by atoms with Crippen molar-refractivity contribution in [1.29, 1.82) is 0 Å². The van der Waals surface area contributed by atoms with Crippen molar-refractivity contribution in [3.05, 3.63) is 39.3 Å². The second-order valence-electron chi connectivity index (χ2n) is 4.16. The molecule has 0 fully saturated rings. The van der Waals surface area contributed by atoms with Crippen LogP contribution in [0.1, 0.15) is 17.4 Å². The number of ether oxygens (including phenoxy) is 2. The van der Waals surface area contributed by atoms with Crippen molar-refractivity contribution in [2.24, 2.45) is 7.05 Å². The van der Waals surface area contributed by atoms with Gasteiger partial charge in [-0.2, -0.15) is 0 Å². The van der Waals surface area contributed by atoms with Gasteiger partial charge >= 0.3 is 5.97 Å². The predicted molar refractivity (Wildman–Crippen MR) is 76.7 cm³/mol. The summed E-state index contributed by atoms with van der Waals surface area (Å²) in [4.78, 5) is 24.3. The Morgan fingerprint density at radius 2 is 2.05 bits per heavy atom. The van der Waals surface area contributed by atoms with Crippen LogP contribution in [0, 0.1) is 0 Å². The first-order valence-electron chi connectivity index (χ1n) is 6.04. The lowest BCUT2D eigenvalue weighted by Gasteiger charge is -2.14. The molecular weight excluding hydrogens is 282 g/mol. The Morgan fingerprint density at radius 3 is 2.65 bits per heavy atom. The molecule has 0 saturated heterocycles. The van der Waals surface area contributed by atoms with Gasteiger partial charge in [0.15, 0.2) is 11.4 Å². The quantitative estimate of drug-likeness (QED) is 0.816. The topological polar surface area (TPSA) is 57.5 Å². The number of halogens is 1. The van der Waals surface area contributed by atoms with Gasteiger partial charge in [0.05, 0.1) is 19.1 Å². The zero-order valence-electron chi connectivity index (χ0n) is 11.4. The smallest absolute Gasteiger partial charge is 0.358 e. The number of benzene rings is 1. The maximum absolute atomic E-state index is 12.3. The standard InChI is InChI=1S/C14H14ClNO4/c1-4-20-14(18)11-12(19-3)10-7-8(15)5-6-9(10)13(17)16(11)2/h5-7H,4H2,1-3H3. The van der Waals surface area contributed by atoms with Crippen LogP contribution in [0.15, 0.2) is 23.0 Å². The summed E-state index contributed by atoms with van der Waals surface area (Å²) in [6, 6.07) is 4.83. The van der Waals surface area contributed by atoms with Gasteiger partial charge in [0, 0.05) is 17.5 Å². The molecule has 2 rings (SSSR count). The number of nitrogens with zero attached hydrogens (tertiary/aromatic N) is 1. The first kappa shape index (κ1) is 14.4. The highest BCUT2D eigenvalue weighted by atomic mass is 35.5. The van der Waals surface area contributed by atoms with E-state index in [2.05, 4.69) is 0 Å². The Kier molecular flexibility index (Phi) is 3.99. The number of rotatable bonds is 3. The molecule has 0 aliphatic rings. The summed E-state index contributed by atoms with van der Waals surface area (Å²) in [6.07, 6.45) is 0. The van der Waals surface area contributed by atoms with Crippen LogP contribution in [0.3, 0.4) is 0 Å². The van der Waals surface area contributed by atoms with E-state index in [1.54, 1.807) is 25.1 Å². The van der Waals surface area contributed by atoms with Crippen molar-refractivity contribution in [3.8, 4) is 5.75 Å². The fourth-order valence-electron chi connectivity index (χ4n) is 2.09. The van der Waals surface area contributed by atoms with E-state index >= 15 is 0 Å². The number of carbonyl (C=O) groups is 1. The highest BCUT2D eigenvalue weighted by molar-refractivity contribution is 6.31. The average molecular weight is 296 g/mol. The van der Waals surface area contributed by atoms with Gasteiger partial charge in [-0.25, -0.2) is 4.79 Å². The molecule has 1 aromatic heterocycles. The van der Waals surface area contributed by atoms with Crippen molar-refractivity contribution >= 4 is 28.3 Å². The normalized spacial score (nSPS) is 10.6. The molecule has 20 heavy (non-hydrogen) atoms. The lowest BCUT2D eigenvalue weighted by Crippen LogP contribution is -2.25. The van der Waals surface area contributed by atoms with Crippen LogP contribution in [0.4, 0.5) is 0 Å². The highest BCUT2D eigenvalue weighted by Crippen LogP contribution is 2.29. The van der Waals surface area contributed by atoms with E-state index in [4.69, 9.17) is 21.1 Å². The summed E-state index contributed by atoms with van der Waals surface area (Å²) in [7, 11) is 2.94. The molecule has 0 spiro atoms. The van der Waals surface area contributed by atoms with Gasteiger partial charge in [-0.15, -0.1) is 0 Å². The van der Waals surface area contributed by atoms with E-state index in [0.29, 0.717) is 15.8 Å². The molecule has 0 unspecified atom stereocenters. The van der Waals surface area contributed by atoms with Crippen LogP contribution in [0.5, 0.6) is 5.75 Å². The van der Waals surface area contributed by atoms with Gasteiger partial charge in [-0.05, 0) is 25.1 Å². The number of hydrogen-bond donors (Lipinski definition) is 0. The Morgan fingerprint density at radius 1 is 1.35 bits per heavy atom. The largest absolute Gasteiger partial charge is 0.494 e. The van der Waals surface area contributed by atoms with Crippen molar-refractivity contribution < 1.29 is 14.3 Å². The Labute approximate surface area is 120 Å². The number of pyridine rings is 1. The lowest BCUT2D eigenvalue weighted by atomic mass is 10.1. The number of aromatic nitrogens is 1. The number of hydrogen-bond acceptors (Lipinski definition) is 4. The van der Waals surface area contributed by atoms with Gasteiger partial charge in [0.2, 0.25) is 0 Å². The lowest BCUT2D eigenvalue weighted by molar-refractivity contribution is 0.0510. The summed E-state index contributed by atoms with van der Waals surface area (Å²) in [5, 5.41) is 1.38. The summed E-state index contributed by atoms with van der Waals surface area (Å²) in [5.74, 6) is -0.325. The molecule has 0 amide bonds. The fraction of sp³-hybridized carbons (Fsp3) is 0.286. The van der Waals surface area contributed by atoms with E-state index in [1.807, 2.05) is 0 Å². The minimum atomic E-state index is -0.606. The van der Waals surface area contributed by atoms with Gasteiger partial charge in [0.1, 0.15) is 0 Å². The van der Waals surface area contributed by atoms with Crippen LogP contribution in [-0.2, 0) is 11.8 Å². The zero-order valence-corrected chi connectivity index (χ0v) is 12.2. The molecule has 1 heterocycles. The third kappa shape index (κ3) is 2.25. The van der Waals surface area contributed by atoms with Gasteiger partial charge < -0.3 is 14.0 Å². The molecule has 5 nitrogen and oxygen atoms in total. The summed E-state index contributed by atoms with van der Waals surface area (Å²) >= 11 is 5.95. The van der Waals surface area contributed by atoms with Crippen LogP contribution in [0.25, 0.3) is 10.8 Å². The van der Waals surface area contributed by atoms with Crippen LogP contribution >= 0.6 is 11.6 Å². The third-order valence-corrected chi connectivity index (χ3v) is 3.22. The van der Waals surface area contributed by atoms with Crippen LogP contribution in [0.2, 0.25) is 5.02 Å². The molecule has 0 saturated carbocycles. The van der Waals surface area contributed by atoms with Crippen LogP contribution in [-0.4, -0.2) is 24.3 Å². The molecule has 0 bridgehead atoms. The molecule has 0 radical (unpaired) electrons.